The summed E-state index contributed by atoms with van der Waals surface area (Å²) >= 11 is 0. The average molecular weight is 289 g/mol. The Kier molecular flexibility index (Phi) is 5.59. The Balaban J connectivity index is 2.69. The molecule has 20 heavy (non-hydrogen) atoms. The van der Waals surface area contributed by atoms with E-state index in [1.807, 2.05) is 20.8 Å². The SMILES string of the molecule is CC(C)(C)CC(O)CNC(c1ccccc1)C(F)(F)F. The third-order valence-electron chi connectivity index (χ3n) is 2.87. The molecule has 2 N–H and O–H groups in total. The molecule has 0 aliphatic rings. The fourth-order valence-electron chi connectivity index (χ4n) is 2.10. The summed E-state index contributed by atoms with van der Waals surface area (Å²) in [6, 6.07) is 5.93. The van der Waals surface area contributed by atoms with Crippen molar-refractivity contribution in [1.82, 2.24) is 5.32 Å². The van der Waals surface area contributed by atoms with Crippen molar-refractivity contribution >= 4 is 0 Å². The Bertz CT molecular complexity index is 398. The molecule has 114 valence electrons. The summed E-state index contributed by atoms with van der Waals surface area (Å²) in [6.45, 7) is 5.73. The van der Waals surface area contributed by atoms with Crippen molar-refractivity contribution in [3.05, 3.63) is 35.9 Å². The molecule has 0 bridgehead atoms. The van der Waals surface area contributed by atoms with Crippen molar-refractivity contribution in [3.63, 3.8) is 0 Å². The fraction of sp³-hybridized carbons (Fsp3) is 0.600. The van der Waals surface area contributed by atoms with E-state index < -0.39 is 18.3 Å². The third-order valence-corrected chi connectivity index (χ3v) is 2.87. The standard InChI is InChI=1S/C15H22F3NO/c1-14(2,3)9-12(20)10-19-13(15(16,17)18)11-7-5-4-6-8-11/h4-8,12-13,19-20H,9-10H2,1-3H3. The van der Waals surface area contributed by atoms with Crippen LogP contribution in [0.3, 0.4) is 0 Å². The topological polar surface area (TPSA) is 32.3 Å². The molecule has 0 saturated carbocycles. The maximum absolute atomic E-state index is 13.0. The number of hydrogen-bond donors (Lipinski definition) is 2. The molecule has 0 aromatic heterocycles. The summed E-state index contributed by atoms with van der Waals surface area (Å²) in [6.07, 6.45) is -4.74. The number of benzene rings is 1. The Morgan fingerprint density at radius 3 is 2.10 bits per heavy atom. The quantitative estimate of drug-likeness (QED) is 0.866. The summed E-state index contributed by atoms with van der Waals surface area (Å²) in [7, 11) is 0. The molecule has 5 heteroatoms. The van der Waals surface area contributed by atoms with E-state index in [1.165, 1.54) is 12.1 Å². The van der Waals surface area contributed by atoms with E-state index in [1.54, 1.807) is 18.2 Å². The van der Waals surface area contributed by atoms with Crippen LogP contribution in [0.15, 0.2) is 30.3 Å². The maximum atomic E-state index is 13.0. The Morgan fingerprint density at radius 1 is 1.10 bits per heavy atom. The second kappa shape index (κ2) is 6.59. The smallest absolute Gasteiger partial charge is 0.392 e. The van der Waals surface area contributed by atoms with Crippen LogP contribution in [-0.2, 0) is 0 Å². The van der Waals surface area contributed by atoms with E-state index in [4.69, 9.17) is 0 Å². The van der Waals surface area contributed by atoms with Gasteiger partial charge in [0.05, 0.1) is 6.10 Å². The minimum Gasteiger partial charge on any atom is -0.392 e. The van der Waals surface area contributed by atoms with Gasteiger partial charge in [0.1, 0.15) is 6.04 Å². The number of alkyl halides is 3. The van der Waals surface area contributed by atoms with Crippen LogP contribution in [0, 0.1) is 5.41 Å². The van der Waals surface area contributed by atoms with Crippen LogP contribution in [0.1, 0.15) is 38.8 Å². The molecular formula is C15H22F3NO. The molecule has 0 amide bonds. The molecule has 0 saturated heterocycles. The van der Waals surface area contributed by atoms with E-state index in [9.17, 15) is 18.3 Å². The van der Waals surface area contributed by atoms with E-state index in [2.05, 4.69) is 5.32 Å². The highest BCUT2D eigenvalue weighted by molar-refractivity contribution is 5.20. The first-order valence-electron chi connectivity index (χ1n) is 6.63. The van der Waals surface area contributed by atoms with Gasteiger partial charge in [-0.3, -0.25) is 5.32 Å². The van der Waals surface area contributed by atoms with Crippen molar-refractivity contribution < 1.29 is 18.3 Å². The highest BCUT2D eigenvalue weighted by atomic mass is 19.4. The van der Waals surface area contributed by atoms with Gasteiger partial charge in [0, 0.05) is 6.54 Å². The molecule has 1 aromatic rings. The van der Waals surface area contributed by atoms with E-state index in [-0.39, 0.29) is 17.5 Å². The van der Waals surface area contributed by atoms with Crippen molar-refractivity contribution in [1.29, 1.82) is 0 Å². The fourth-order valence-corrected chi connectivity index (χ4v) is 2.10. The molecule has 0 fully saturated rings. The van der Waals surface area contributed by atoms with Gasteiger partial charge < -0.3 is 5.11 Å². The predicted molar refractivity (Wildman–Crippen MR) is 73.3 cm³/mol. The zero-order valence-electron chi connectivity index (χ0n) is 12.0. The number of aliphatic hydroxyl groups excluding tert-OH is 1. The normalized spacial score (nSPS) is 15.9. The molecular weight excluding hydrogens is 267 g/mol. The molecule has 2 atom stereocenters. The highest BCUT2D eigenvalue weighted by Gasteiger charge is 2.40. The number of aliphatic hydroxyl groups is 1. The molecule has 2 unspecified atom stereocenters. The van der Waals surface area contributed by atoms with E-state index >= 15 is 0 Å². The monoisotopic (exact) mass is 289 g/mol. The molecule has 0 aliphatic heterocycles. The van der Waals surface area contributed by atoms with Crippen molar-refractivity contribution in [2.24, 2.45) is 5.41 Å². The van der Waals surface area contributed by atoms with Gasteiger partial charge in [0.2, 0.25) is 0 Å². The Morgan fingerprint density at radius 2 is 1.65 bits per heavy atom. The molecule has 0 spiro atoms. The first kappa shape index (κ1) is 17.0. The minimum atomic E-state index is -4.39. The number of hydrogen-bond acceptors (Lipinski definition) is 2. The van der Waals surface area contributed by atoms with Crippen LogP contribution in [0.25, 0.3) is 0 Å². The van der Waals surface area contributed by atoms with Gasteiger partial charge in [0.15, 0.2) is 0 Å². The van der Waals surface area contributed by atoms with Gasteiger partial charge in [-0.1, -0.05) is 51.1 Å². The van der Waals surface area contributed by atoms with Gasteiger partial charge in [-0.25, -0.2) is 0 Å². The minimum absolute atomic E-state index is 0.0870. The van der Waals surface area contributed by atoms with E-state index in [0.717, 1.165) is 0 Å². The van der Waals surface area contributed by atoms with Crippen LogP contribution in [-0.4, -0.2) is 23.9 Å². The molecule has 0 radical (unpaired) electrons. The number of halogens is 3. The van der Waals surface area contributed by atoms with Crippen LogP contribution in [0.2, 0.25) is 0 Å². The van der Waals surface area contributed by atoms with Gasteiger partial charge in [0.25, 0.3) is 0 Å². The zero-order valence-corrected chi connectivity index (χ0v) is 12.0. The first-order valence-corrected chi connectivity index (χ1v) is 6.63. The predicted octanol–water partition coefficient (Wildman–Crippen LogP) is 3.68. The second-order valence-corrected chi connectivity index (χ2v) is 6.21. The van der Waals surface area contributed by atoms with Gasteiger partial charge in [-0.15, -0.1) is 0 Å². The summed E-state index contributed by atoms with van der Waals surface area (Å²) in [5.41, 5.74) is 0.0321. The number of nitrogens with one attached hydrogen (secondary N) is 1. The number of rotatable bonds is 5. The van der Waals surface area contributed by atoms with Crippen molar-refractivity contribution in [3.8, 4) is 0 Å². The largest absolute Gasteiger partial charge is 0.407 e. The molecule has 1 aromatic carbocycles. The van der Waals surface area contributed by atoms with Crippen LogP contribution in [0.5, 0.6) is 0 Å². The van der Waals surface area contributed by atoms with Crippen LogP contribution in [0.4, 0.5) is 13.2 Å². The first-order chi connectivity index (χ1) is 9.09. The molecule has 0 aliphatic carbocycles. The van der Waals surface area contributed by atoms with Gasteiger partial charge >= 0.3 is 6.18 Å². The van der Waals surface area contributed by atoms with Crippen LogP contribution < -0.4 is 5.32 Å². The summed E-state index contributed by atoms with van der Waals surface area (Å²) < 4.78 is 39.1. The van der Waals surface area contributed by atoms with Gasteiger partial charge in [-0.2, -0.15) is 13.2 Å². The summed E-state index contributed by atoms with van der Waals surface area (Å²) in [5.74, 6) is 0. The lowest BCUT2D eigenvalue weighted by molar-refractivity contribution is -0.158. The maximum Gasteiger partial charge on any atom is 0.407 e. The van der Waals surface area contributed by atoms with Crippen molar-refractivity contribution in [2.45, 2.75) is 45.5 Å². The summed E-state index contributed by atoms with van der Waals surface area (Å²) in [5, 5.41) is 12.2. The van der Waals surface area contributed by atoms with Gasteiger partial charge in [-0.05, 0) is 17.4 Å². The molecule has 0 heterocycles. The Labute approximate surface area is 118 Å². The lowest BCUT2D eigenvalue weighted by atomic mass is 9.89. The lowest BCUT2D eigenvalue weighted by Crippen LogP contribution is -2.39. The van der Waals surface area contributed by atoms with Crippen molar-refractivity contribution in [2.75, 3.05) is 6.54 Å². The third kappa shape index (κ3) is 5.92. The average Bonchev–Trinajstić information content (AvgIpc) is 2.26. The second-order valence-electron chi connectivity index (χ2n) is 6.21. The van der Waals surface area contributed by atoms with Crippen LogP contribution >= 0.6 is 0 Å². The lowest BCUT2D eigenvalue weighted by Gasteiger charge is -2.26. The zero-order chi connectivity index (χ0) is 15.4. The molecule has 2 nitrogen and oxygen atoms in total. The highest BCUT2D eigenvalue weighted by Crippen LogP contribution is 2.32. The van der Waals surface area contributed by atoms with E-state index in [0.29, 0.717) is 6.42 Å². The summed E-state index contributed by atoms with van der Waals surface area (Å²) in [4.78, 5) is 0. The Hall–Kier alpha value is -1.07. The molecule has 1 rings (SSSR count).